The van der Waals surface area contributed by atoms with Gasteiger partial charge in [0.25, 0.3) is 0 Å². The molecule has 110 valence electrons. The summed E-state index contributed by atoms with van der Waals surface area (Å²) in [6.45, 7) is 0.813. The Morgan fingerprint density at radius 2 is 1.91 bits per heavy atom. The van der Waals surface area contributed by atoms with Crippen molar-refractivity contribution in [1.82, 2.24) is 19.9 Å². The largest absolute Gasteiger partial charge is 0.354 e. The minimum absolute atomic E-state index is 0.641. The van der Waals surface area contributed by atoms with Crippen molar-refractivity contribution in [2.75, 3.05) is 11.9 Å². The normalized spacial score (nSPS) is 10.4. The topological polar surface area (TPSA) is 63.6 Å². The Hall–Kier alpha value is -2.82. The quantitative estimate of drug-likeness (QED) is 0.707. The molecule has 0 unspecified atom stereocenters. The Bertz CT molecular complexity index is 701. The number of aromatic nitrogens is 4. The van der Waals surface area contributed by atoms with Crippen LogP contribution in [-0.4, -0.2) is 26.5 Å². The van der Waals surface area contributed by atoms with Crippen molar-refractivity contribution in [2.45, 2.75) is 12.8 Å². The highest BCUT2D eigenvalue weighted by atomic mass is 15.1. The summed E-state index contributed by atoms with van der Waals surface area (Å²) in [5.41, 5.74) is 2.96. The first-order valence-corrected chi connectivity index (χ1v) is 7.29. The lowest BCUT2D eigenvalue weighted by Gasteiger charge is -2.06. The molecule has 22 heavy (non-hydrogen) atoms. The maximum Gasteiger partial charge on any atom is 0.223 e. The van der Waals surface area contributed by atoms with Crippen molar-refractivity contribution in [2.24, 2.45) is 0 Å². The third-order valence-corrected chi connectivity index (χ3v) is 3.23. The summed E-state index contributed by atoms with van der Waals surface area (Å²) in [7, 11) is 0. The van der Waals surface area contributed by atoms with Crippen molar-refractivity contribution < 1.29 is 0 Å². The zero-order valence-electron chi connectivity index (χ0n) is 12.2. The zero-order chi connectivity index (χ0) is 15.0. The van der Waals surface area contributed by atoms with Gasteiger partial charge in [0.2, 0.25) is 5.95 Å². The van der Waals surface area contributed by atoms with Gasteiger partial charge >= 0.3 is 0 Å². The van der Waals surface area contributed by atoms with Crippen LogP contribution >= 0.6 is 0 Å². The number of anilines is 1. The van der Waals surface area contributed by atoms with E-state index < -0.39 is 0 Å². The molecular weight excluding hydrogens is 274 g/mol. The molecule has 3 heterocycles. The minimum Gasteiger partial charge on any atom is -0.354 e. The monoisotopic (exact) mass is 291 g/mol. The van der Waals surface area contributed by atoms with Crippen LogP contribution in [0.1, 0.15) is 12.1 Å². The van der Waals surface area contributed by atoms with Gasteiger partial charge in [0.05, 0.1) is 5.69 Å². The van der Waals surface area contributed by atoms with E-state index in [2.05, 4.69) is 25.3 Å². The molecule has 5 heteroatoms. The Morgan fingerprint density at radius 1 is 0.909 bits per heavy atom. The highest BCUT2D eigenvalue weighted by molar-refractivity contribution is 5.58. The number of nitrogens with one attached hydrogen (secondary N) is 1. The van der Waals surface area contributed by atoms with E-state index in [1.165, 1.54) is 0 Å². The second-order valence-electron chi connectivity index (χ2n) is 4.86. The molecule has 3 aromatic heterocycles. The number of hydrogen-bond acceptors (Lipinski definition) is 5. The second kappa shape index (κ2) is 7.26. The molecule has 0 spiro atoms. The van der Waals surface area contributed by atoms with E-state index in [1.807, 2.05) is 42.6 Å². The highest BCUT2D eigenvalue weighted by Gasteiger charge is 2.02. The minimum atomic E-state index is 0.641. The van der Waals surface area contributed by atoms with Crippen LogP contribution in [-0.2, 0) is 6.42 Å². The summed E-state index contributed by atoms with van der Waals surface area (Å²) < 4.78 is 0. The number of aryl methyl sites for hydroxylation is 1. The average molecular weight is 291 g/mol. The second-order valence-corrected chi connectivity index (χ2v) is 4.86. The first-order chi connectivity index (χ1) is 10.9. The van der Waals surface area contributed by atoms with Crippen LogP contribution in [0.3, 0.4) is 0 Å². The summed E-state index contributed by atoms with van der Waals surface area (Å²) in [6.07, 6.45) is 9.06. The third-order valence-electron chi connectivity index (χ3n) is 3.23. The van der Waals surface area contributed by atoms with Crippen LogP contribution in [0.25, 0.3) is 11.3 Å². The molecule has 0 saturated heterocycles. The van der Waals surface area contributed by atoms with Crippen LogP contribution in [0.5, 0.6) is 0 Å². The van der Waals surface area contributed by atoms with Gasteiger partial charge in [0.1, 0.15) is 0 Å². The van der Waals surface area contributed by atoms with Gasteiger partial charge in [-0.1, -0.05) is 6.07 Å². The van der Waals surface area contributed by atoms with Crippen LogP contribution < -0.4 is 5.32 Å². The summed E-state index contributed by atoms with van der Waals surface area (Å²) in [4.78, 5) is 17.2. The predicted molar refractivity (Wildman–Crippen MR) is 86.3 cm³/mol. The average Bonchev–Trinajstić information content (AvgIpc) is 2.61. The first-order valence-electron chi connectivity index (χ1n) is 7.29. The molecule has 1 N–H and O–H groups in total. The lowest BCUT2D eigenvalue weighted by atomic mass is 10.2. The van der Waals surface area contributed by atoms with Crippen LogP contribution in [0.15, 0.2) is 61.2 Å². The SMILES string of the molecule is c1ccc(CCCNc2nccc(-c3cccnc3)n2)nc1. The fourth-order valence-electron chi connectivity index (χ4n) is 2.13. The van der Waals surface area contributed by atoms with Crippen molar-refractivity contribution >= 4 is 5.95 Å². The summed E-state index contributed by atoms with van der Waals surface area (Å²) in [6, 6.07) is 11.8. The van der Waals surface area contributed by atoms with Gasteiger partial charge < -0.3 is 5.32 Å². The summed E-state index contributed by atoms with van der Waals surface area (Å²) in [5, 5.41) is 3.25. The molecule has 0 saturated carbocycles. The van der Waals surface area contributed by atoms with Crippen LogP contribution in [0.4, 0.5) is 5.95 Å². The molecule has 0 aliphatic carbocycles. The van der Waals surface area contributed by atoms with Gasteiger partial charge in [0, 0.05) is 42.6 Å². The van der Waals surface area contributed by atoms with E-state index in [0.717, 1.165) is 36.3 Å². The maximum absolute atomic E-state index is 4.51. The lowest BCUT2D eigenvalue weighted by molar-refractivity contribution is 0.828. The maximum atomic E-state index is 4.51. The Labute approximate surface area is 129 Å². The Balaban J connectivity index is 1.55. The molecule has 0 aliphatic rings. The van der Waals surface area contributed by atoms with Gasteiger partial charge in [-0.15, -0.1) is 0 Å². The van der Waals surface area contributed by atoms with E-state index in [1.54, 1.807) is 18.6 Å². The molecular formula is C17H17N5. The van der Waals surface area contributed by atoms with E-state index >= 15 is 0 Å². The molecule has 0 atom stereocenters. The molecule has 0 amide bonds. The predicted octanol–water partition coefficient (Wildman–Crippen LogP) is 2.98. The highest BCUT2D eigenvalue weighted by Crippen LogP contribution is 2.15. The molecule has 3 rings (SSSR count). The molecule has 3 aromatic rings. The Morgan fingerprint density at radius 3 is 2.73 bits per heavy atom. The molecule has 0 fully saturated rings. The van der Waals surface area contributed by atoms with Gasteiger partial charge in [-0.3, -0.25) is 9.97 Å². The van der Waals surface area contributed by atoms with Crippen molar-refractivity contribution in [1.29, 1.82) is 0 Å². The van der Waals surface area contributed by atoms with Gasteiger partial charge in [-0.2, -0.15) is 0 Å². The fraction of sp³-hybridized carbons (Fsp3) is 0.176. The summed E-state index contributed by atoms with van der Waals surface area (Å²) >= 11 is 0. The Kier molecular flexibility index (Phi) is 4.67. The molecule has 5 nitrogen and oxygen atoms in total. The number of nitrogens with zero attached hydrogens (tertiary/aromatic N) is 4. The van der Waals surface area contributed by atoms with E-state index in [4.69, 9.17) is 0 Å². The number of rotatable bonds is 6. The third kappa shape index (κ3) is 3.85. The van der Waals surface area contributed by atoms with Crippen molar-refractivity contribution in [3.63, 3.8) is 0 Å². The molecule has 0 radical (unpaired) electrons. The zero-order valence-corrected chi connectivity index (χ0v) is 12.2. The van der Waals surface area contributed by atoms with E-state index in [0.29, 0.717) is 5.95 Å². The number of pyridine rings is 2. The fourth-order valence-corrected chi connectivity index (χ4v) is 2.13. The molecule has 0 aromatic carbocycles. The van der Waals surface area contributed by atoms with Crippen molar-refractivity contribution in [3.05, 3.63) is 66.9 Å². The first kappa shape index (κ1) is 14.1. The van der Waals surface area contributed by atoms with E-state index in [-0.39, 0.29) is 0 Å². The van der Waals surface area contributed by atoms with Crippen molar-refractivity contribution in [3.8, 4) is 11.3 Å². The molecule has 0 aliphatic heterocycles. The smallest absolute Gasteiger partial charge is 0.223 e. The number of hydrogen-bond donors (Lipinski definition) is 1. The summed E-state index contributed by atoms with van der Waals surface area (Å²) in [5.74, 6) is 0.641. The van der Waals surface area contributed by atoms with Crippen LogP contribution in [0.2, 0.25) is 0 Å². The molecule has 0 bridgehead atoms. The van der Waals surface area contributed by atoms with Crippen LogP contribution in [0, 0.1) is 0 Å². The lowest BCUT2D eigenvalue weighted by Crippen LogP contribution is -2.07. The standard InChI is InChI=1S/C17H17N5/c1-2-10-19-15(6-1)7-4-11-20-17-21-12-8-16(22-17)14-5-3-9-18-13-14/h1-3,5-6,8-10,12-13H,4,7,11H2,(H,20,21,22). The van der Waals surface area contributed by atoms with Gasteiger partial charge in [0.15, 0.2) is 0 Å². The van der Waals surface area contributed by atoms with E-state index in [9.17, 15) is 0 Å². The van der Waals surface area contributed by atoms with Gasteiger partial charge in [-0.25, -0.2) is 9.97 Å². The van der Waals surface area contributed by atoms with Gasteiger partial charge in [-0.05, 0) is 43.2 Å².